The molecule has 8 nitrogen and oxygen atoms in total. The standard InChI is InChI=1S/C19H33N5O3S.HI/c1-5-24(28(4,25)26)13-8-12-21-19(20-2)22-16-11-14-23(15-16)17-9-6-7-10-18(17)27-3;/h6-7,9-10,16H,5,8,11-15H2,1-4H3,(H2,20,21,22);1H. The molecule has 2 N–H and O–H groups in total. The van der Waals surface area contributed by atoms with Crippen LogP contribution in [0.1, 0.15) is 19.8 Å². The van der Waals surface area contributed by atoms with Gasteiger partial charge in [-0.25, -0.2) is 12.7 Å². The molecule has 2 rings (SSSR count). The van der Waals surface area contributed by atoms with Gasteiger partial charge in [0.05, 0.1) is 19.1 Å². The predicted octanol–water partition coefficient (Wildman–Crippen LogP) is 1.73. The minimum absolute atomic E-state index is 0. The van der Waals surface area contributed by atoms with Crippen molar-refractivity contribution >= 4 is 45.6 Å². The number of aliphatic imine (C=N–C) groups is 1. The Bertz CT molecular complexity index is 760. The highest BCUT2D eigenvalue weighted by molar-refractivity contribution is 14.0. The zero-order chi connectivity index (χ0) is 20.6. The van der Waals surface area contributed by atoms with Crippen LogP contribution in [0.4, 0.5) is 5.69 Å². The Morgan fingerprint density at radius 1 is 1.38 bits per heavy atom. The van der Waals surface area contributed by atoms with Gasteiger partial charge in [0.1, 0.15) is 5.75 Å². The van der Waals surface area contributed by atoms with Crippen molar-refractivity contribution in [2.75, 3.05) is 58.0 Å². The van der Waals surface area contributed by atoms with Crippen molar-refractivity contribution in [3.8, 4) is 5.75 Å². The van der Waals surface area contributed by atoms with Crippen LogP contribution in [-0.2, 0) is 10.0 Å². The Balaban J connectivity index is 0.00000420. The number of benzene rings is 1. The molecule has 1 unspecified atom stereocenters. The van der Waals surface area contributed by atoms with Gasteiger partial charge in [-0.1, -0.05) is 19.1 Å². The van der Waals surface area contributed by atoms with Crippen molar-refractivity contribution in [3.63, 3.8) is 0 Å². The summed E-state index contributed by atoms with van der Waals surface area (Å²) < 4.78 is 30.2. The van der Waals surface area contributed by atoms with Crippen LogP contribution in [0, 0.1) is 0 Å². The van der Waals surface area contributed by atoms with Gasteiger partial charge in [-0.15, -0.1) is 24.0 Å². The normalized spacial score (nSPS) is 17.2. The van der Waals surface area contributed by atoms with E-state index in [2.05, 4.69) is 26.6 Å². The molecule has 1 fully saturated rings. The number of halogens is 1. The third-order valence-electron chi connectivity index (χ3n) is 4.88. The first-order valence-corrected chi connectivity index (χ1v) is 11.5. The SMILES string of the molecule is CCN(CCCNC(=NC)NC1CCN(c2ccccc2OC)C1)S(C)(=O)=O.I. The molecular weight excluding hydrogens is 505 g/mol. The molecule has 166 valence electrons. The molecule has 1 atom stereocenters. The summed E-state index contributed by atoms with van der Waals surface area (Å²) in [6.45, 7) is 5.34. The molecular formula is C19H34IN5O3S. The van der Waals surface area contributed by atoms with Crippen LogP contribution >= 0.6 is 24.0 Å². The van der Waals surface area contributed by atoms with Gasteiger partial charge in [0.25, 0.3) is 0 Å². The fourth-order valence-corrected chi connectivity index (χ4v) is 4.33. The van der Waals surface area contributed by atoms with E-state index in [0.29, 0.717) is 25.7 Å². The second-order valence-electron chi connectivity index (χ2n) is 6.86. The molecule has 0 aliphatic carbocycles. The molecule has 1 aromatic carbocycles. The summed E-state index contributed by atoms with van der Waals surface area (Å²) in [7, 11) is 0.307. The first kappa shape index (κ1) is 25.8. The minimum Gasteiger partial charge on any atom is -0.495 e. The predicted molar refractivity (Wildman–Crippen MR) is 130 cm³/mol. The van der Waals surface area contributed by atoms with E-state index in [1.54, 1.807) is 14.2 Å². The van der Waals surface area contributed by atoms with Gasteiger partial charge < -0.3 is 20.3 Å². The van der Waals surface area contributed by atoms with E-state index >= 15 is 0 Å². The molecule has 1 aromatic rings. The highest BCUT2D eigenvalue weighted by Crippen LogP contribution is 2.30. The van der Waals surface area contributed by atoms with Crippen LogP contribution in [0.15, 0.2) is 29.3 Å². The number of nitrogens with one attached hydrogen (secondary N) is 2. The summed E-state index contributed by atoms with van der Waals surface area (Å²) in [5.41, 5.74) is 1.11. The number of anilines is 1. The second-order valence-corrected chi connectivity index (χ2v) is 8.84. The summed E-state index contributed by atoms with van der Waals surface area (Å²) in [5, 5.41) is 6.74. The maximum atomic E-state index is 11.6. The number of hydrogen-bond acceptors (Lipinski definition) is 5. The van der Waals surface area contributed by atoms with Crippen molar-refractivity contribution < 1.29 is 13.2 Å². The van der Waals surface area contributed by atoms with E-state index in [1.165, 1.54) is 10.6 Å². The fraction of sp³-hybridized carbons (Fsp3) is 0.632. The van der Waals surface area contributed by atoms with Crippen molar-refractivity contribution in [3.05, 3.63) is 24.3 Å². The minimum atomic E-state index is -3.13. The van der Waals surface area contributed by atoms with Crippen LogP contribution in [0.5, 0.6) is 5.75 Å². The molecule has 0 radical (unpaired) electrons. The molecule has 0 spiro atoms. The first-order valence-electron chi connectivity index (χ1n) is 9.69. The average Bonchev–Trinajstić information content (AvgIpc) is 3.14. The number of para-hydroxylation sites is 2. The average molecular weight is 539 g/mol. The largest absolute Gasteiger partial charge is 0.495 e. The molecule has 0 bridgehead atoms. The van der Waals surface area contributed by atoms with E-state index in [9.17, 15) is 8.42 Å². The van der Waals surface area contributed by atoms with Gasteiger partial charge in [0, 0.05) is 45.8 Å². The van der Waals surface area contributed by atoms with Crippen LogP contribution in [0.3, 0.4) is 0 Å². The third-order valence-corrected chi connectivity index (χ3v) is 6.26. The Morgan fingerprint density at radius 2 is 2.10 bits per heavy atom. The maximum absolute atomic E-state index is 11.6. The molecule has 1 aliphatic rings. The van der Waals surface area contributed by atoms with Crippen LogP contribution < -0.4 is 20.3 Å². The van der Waals surface area contributed by atoms with Crippen molar-refractivity contribution in [2.45, 2.75) is 25.8 Å². The molecule has 1 heterocycles. The lowest BCUT2D eigenvalue weighted by atomic mass is 10.2. The molecule has 0 saturated carbocycles. The highest BCUT2D eigenvalue weighted by Gasteiger charge is 2.25. The third kappa shape index (κ3) is 7.82. The Morgan fingerprint density at radius 3 is 2.72 bits per heavy atom. The van der Waals surface area contributed by atoms with E-state index in [-0.39, 0.29) is 24.0 Å². The number of methoxy groups -OCH3 is 1. The second kappa shape index (κ2) is 12.4. The smallest absolute Gasteiger partial charge is 0.211 e. The van der Waals surface area contributed by atoms with Crippen molar-refractivity contribution in [1.29, 1.82) is 0 Å². The van der Waals surface area contributed by atoms with E-state index in [0.717, 1.165) is 43.3 Å². The quantitative estimate of drug-likeness (QED) is 0.215. The van der Waals surface area contributed by atoms with Crippen LogP contribution in [0.2, 0.25) is 0 Å². The number of nitrogens with zero attached hydrogens (tertiary/aromatic N) is 3. The Labute approximate surface area is 192 Å². The molecule has 29 heavy (non-hydrogen) atoms. The number of sulfonamides is 1. The lowest BCUT2D eigenvalue weighted by Gasteiger charge is -2.22. The summed E-state index contributed by atoms with van der Waals surface area (Å²) in [4.78, 5) is 6.60. The van der Waals surface area contributed by atoms with Crippen molar-refractivity contribution in [2.24, 2.45) is 4.99 Å². The van der Waals surface area contributed by atoms with Crippen LogP contribution in [-0.4, -0.2) is 77.9 Å². The van der Waals surface area contributed by atoms with E-state index in [4.69, 9.17) is 4.74 Å². The lowest BCUT2D eigenvalue weighted by molar-refractivity contribution is 0.415. The van der Waals surface area contributed by atoms with Gasteiger partial charge in [-0.05, 0) is 25.0 Å². The molecule has 0 amide bonds. The van der Waals surface area contributed by atoms with Gasteiger partial charge in [0.15, 0.2) is 5.96 Å². The van der Waals surface area contributed by atoms with E-state index in [1.807, 2.05) is 25.1 Å². The number of rotatable bonds is 9. The molecule has 1 aliphatic heterocycles. The van der Waals surface area contributed by atoms with Gasteiger partial charge in [0.2, 0.25) is 10.0 Å². The number of ether oxygens (including phenoxy) is 1. The molecule has 0 aromatic heterocycles. The maximum Gasteiger partial charge on any atom is 0.211 e. The van der Waals surface area contributed by atoms with Gasteiger partial charge in [-0.3, -0.25) is 4.99 Å². The molecule has 10 heteroatoms. The first-order chi connectivity index (χ1) is 13.4. The Hall–Kier alpha value is -1.27. The number of hydrogen-bond donors (Lipinski definition) is 2. The van der Waals surface area contributed by atoms with Crippen molar-refractivity contribution in [1.82, 2.24) is 14.9 Å². The summed E-state index contributed by atoms with van der Waals surface area (Å²) in [5.74, 6) is 1.63. The topological polar surface area (TPSA) is 86.3 Å². The Kier molecular flexibility index (Phi) is 11.0. The number of guanidine groups is 1. The van der Waals surface area contributed by atoms with E-state index < -0.39 is 10.0 Å². The summed E-state index contributed by atoms with van der Waals surface area (Å²) in [6.07, 6.45) is 2.98. The fourth-order valence-electron chi connectivity index (χ4n) is 3.40. The highest BCUT2D eigenvalue weighted by atomic mass is 127. The van der Waals surface area contributed by atoms with Crippen LogP contribution in [0.25, 0.3) is 0 Å². The molecule has 1 saturated heterocycles. The summed E-state index contributed by atoms with van der Waals surface area (Å²) >= 11 is 0. The zero-order valence-electron chi connectivity index (χ0n) is 17.7. The summed E-state index contributed by atoms with van der Waals surface area (Å²) in [6, 6.07) is 8.35. The lowest BCUT2D eigenvalue weighted by Crippen LogP contribution is -2.45. The zero-order valence-corrected chi connectivity index (χ0v) is 20.9. The monoisotopic (exact) mass is 539 g/mol. The van der Waals surface area contributed by atoms with Gasteiger partial charge in [-0.2, -0.15) is 0 Å². The van der Waals surface area contributed by atoms with Gasteiger partial charge >= 0.3 is 0 Å².